The lowest BCUT2D eigenvalue weighted by Crippen LogP contribution is -2.04. The van der Waals surface area contributed by atoms with E-state index in [0.29, 0.717) is 22.3 Å². The number of rotatable bonds is 4. The van der Waals surface area contributed by atoms with E-state index in [4.69, 9.17) is 26.8 Å². The van der Waals surface area contributed by atoms with E-state index >= 15 is 0 Å². The van der Waals surface area contributed by atoms with Crippen molar-refractivity contribution in [1.82, 2.24) is 0 Å². The molecule has 0 aliphatic heterocycles. The lowest BCUT2D eigenvalue weighted by Gasteiger charge is -2.18. The van der Waals surface area contributed by atoms with Gasteiger partial charge in [-0.15, -0.1) is 0 Å². The van der Waals surface area contributed by atoms with Gasteiger partial charge in [-0.2, -0.15) is 31.6 Å². The minimum atomic E-state index is 0.0421. The van der Waals surface area contributed by atoms with Crippen LogP contribution in [0.4, 0.5) is 11.4 Å². The molecule has 0 saturated carbocycles. The number of nitrogen functional groups attached to an aromatic ring is 2. The van der Waals surface area contributed by atoms with Crippen LogP contribution in [0.5, 0.6) is 0 Å². The normalized spacial score (nSPS) is 9.33. The van der Waals surface area contributed by atoms with Crippen molar-refractivity contribution in [2.24, 2.45) is 0 Å². The Morgan fingerprint density at radius 2 is 0.492 bits per heavy atom. The molecular formula is C52H50N8O3. The van der Waals surface area contributed by atoms with Crippen LogP contribution in [0, 0.1) is 95.7 Å². The number of anilines is 2. The quantitative estimate of drug-likeness (QED) is 0.104. The molecule has 0 aliphatic rings. The van der Waals surface area contributed by atoms with Gasteiger partial charge in [0, 0.05) is 42.1 Å². The van der Waals surface area contributed by atoms with Crippen LogP contribution in [-0.4, -0.2) is 35.1 Å². The Labute approximate surface area is 370 Å². The van der Waals surface area contributed by atoms with Gasteiger partial charge in [0.25, 0.3) is 0 Å². The molecule has 0 amide bonds. The van der Waals surface area contributed by atoms with Gasteiger partial charge in [0.05, 0.1) is 44.8 Å². The second kappa shape index (κ2) is 25.4. The van der Waals surface area contributed by atoms with E-state index in [2.05, 4.69) is 24.3 Å². The number of aryl methyl sites for hydroxylation is 4. The molecule has 316 valence electrons. The van der Waals surface area contributed by atoms with Crippen LogP contribution >= 0.6 is 0 Å². The van der Waals surface area contributed by atoms with Crippen LogP contribution < -0.4 is 11.5 Å². The van der Waals surface area contributed by atoms with Gasteiger partial charge in [-0.25, -0.2) is 0 Å². The molecule has 0 aliphatic carbocycles. The summed E-state index contributed by atoms with van der Waals surface area (Å²) < 4.78 is 0. The standard InChI is InChI=1S/2C23H16N4.3C2H6O/c2*1-14-3-7-16(8-4-14)21-18(11-24)19(12-25)23(27)20(13-26)22(21)17-9-5-15(2)6-10-17;3*1-2-3/h2*3-10H,27H2,1-2H3;3*3H,2H2,1H3. The monoisotopic (exact) mass is 834 g/mol. The molecule has 0 radical (unpaired) electrons. The largest absolute Gasteiger partial charge is 0.397 e. The molecule has 6 rings (SSSR count). The molecule has 0 fully saturated rings. The molecule has 0 aromatic heterocycles. The highest BCUT2D eigenvalue weighted by Gasteiger charge is 2.26. The Kier molecular flexibility index (Phi) is 20.5. The van der Waals surface area contributed by atoms with Gasteiger partial charge >= 0.3 is 0 Å². The highest BCUT2D eigenvalue weighted by molar-refractivity contribution is 5.98. The summed E-state index contributed by atoms with van der Waals surface area (Å²) in [6.45, 7) is 13.7. The molecule has 6 aromatic carbocycles. The van der Waals surface area contributed by atoms with Gasteiger partial charge < -0.3 is 26.8 Å². The van der Waals surface area contributed by atoms with Crippen molar-refractivity contribution in [3.63, 3.8) is 0 Å². The second-order valence-corrected chi connectivity index (χ2v) is 13.7. The summed E-state index contributed by atoms with van der Waals surface area (Å²) in [4.78, 5) is 0. The fraction of sp³-hybridized carbons (Fsp3) is 0.192. The Hall–Kier alpha value is -8.26. The van der Waals surface area contributed by atoms with E-state index in [1.54, 1.807) is 20.8 Å². The SMILES string of the molecule is CCO.CCO.CCO.Cc1ccc(-c2c(C#N)c(N)c(C#N)c(C#N)c2-c2ccc(C)cc2)cc1.Cc1ccc(-c2c(C#N)c(N)c(C#N)c(C#N)c2-c2ccc(C)cc2)cc1. The summed E-state index contributed by atoms with van der Waals surface area (Å²) in [5.74, 6) is 0. The van der Waals surface area contributed by atoms with Crippen molar-refractivity contribution in [3.8, 4) is 80.9 Å². The molecule has 11 heteroatoms. The van der Waals surface area contributed by atoms with E-state index in [1.165, 1.54) is 0 Å². The smallest absolute Gasteiger partial charge is 0.103 e. The number of aliphatic hydroxyl groups excluding tert-OH is 3. The number of aliphatic hydroxyl groups is 3. The molecule has 0 spiro atoms. The highest BCUT2D eigenvalue weighted by Crippen LogP contribution is 2.44. The number of hydrogen-bond acceptors (Lipinski definition) is 11. The molecule has 7 N–H and O–H groups in total. The second-order valence-electron chi connectivity index (χ2n) is 13.7. The van der Waals surface area contributed by atoms with Gasteiger partial charge in [0.1, 0.15) is 36.4 Å². The van der Waals surface area contributed by atoms with Crippen LogP contribution in [-0.2, 0) is 0 Å². The third-order valence-electron chi connectivity index (χ3n) is 9.11. The maximum atomic E-state index is 9.81. The number of nitrogens with zero attached hydrogens (tertiary/aromatic N) is 6. The first kappa shape index (κ1) is 50.9. The topological polar surface area (TPSA) is 255 Å². The van der Waals surface area contributed by atoms with E-state index in [9.17, 15) is 31.6 Å². The number of nitrogens with two attached hydrogens (primary N) is 2. The van der Waals surface area contributed by atoms with Gasteiger partial charge in [-0.05, 0) is 70.7 Å². The summed E-state index contributed by atoms with van der Waals surface area (Å²) in [5, 5.41) is 81.1. The van der Waals surface area contributed by atoms with Gasteiger partial charge in [0.15, 0.2) is 0 Å². The van der Waals surface area contributed by atoms with Crippen molar-refractivity contribution in [3.05, 3.63) is 153 Å². The van der Waals surface area contributed by atoms with Gasteiger partial charge in [-0.3, -0.25) is 0 Å². The Morgan fingerprint density at radius 1 is 0.333 bits per heavy atom. The molecule has 0 bridgehead atoms. The van der Waals surface area contributed by atoms with Crippen LogP contribution in [0.2, 0.25) is 0 Å². The molecule has 63 heavy (non-hydrogen) atoms. The third kappa shape index (κ3) is 12.4. The Bertz CT molecular complexity index is 2560. The predicted octanol–water partition coefficient (Wildman–Crippen LogP) is 9.67. The zero-order valence-electron chi connectivity index (χ0n) is 36.5. The van der Waals surface area contributed by atoms with Crippen LogP contribution in [0.1, 0.15) is 76.4 Å². The van der Waals surface area contributed by atoms with E-state index in [1.807, 2.05) is 137 Å². The molecule has 6 aromatic rings. The molecule has 0 atom stereocenters. The van der Waals surface area contributed by atoms with Crippen LogP contribution in [0.25, 0.3) is 44.5 Å². The van der Waals surface area contributed by atoms with Crippen LogP contribution in [0.15, 0.2) is 97.1 Å². The van der Waals surface area contributed by atoms with E-state index < -0.39 is 0 Å². The maximum absolute atomic E-state index is 9.81. The van der Waals surface area contributed by atoms with Crippen molar-refractivity contribution in [2.75, 3.05) is 31.3 Å². The summed E-state index contributed by atoms with van der Waals surface area (Å²) in [6, 6.07) is 43.2. The van der Waals surface area contributed by atoms with Crippen molar-refractivity contribution in [2.45, 2.75) is 48.5 Å². The summed E-state index contributed by atoms with van der Waals surface area (Å²) in [6.07, 6.45) is 0. The minimum absolute atomic E-state index is 0.0421. The average molecular weight is 835 g/mol. The first-order chi connectivity index (χ1) is 30.3. The number of nitriles is 6. The molecule has 0 heterocycles. The fourth-order valence-corrected chi connectivity index (χ4v) is 6.26. The van der Waals surface area contributed by atoms with Crippen molar-refractivity contribution in [1.29, 1.82) is 31.6 Å². The summed E-state index contributed by atoms with van der Waals surface area (Å²) >= 11 is 0. The lowest BCUT2D eigenvalue weighted by atomic mass is 9.83. The van der Waals surface area contributed by atoms with Crippen LogP contribution in [0.3, 0.4) is 0 Å². The average Bonchev–Trinajstić information content (AvgIpc) is 3.28. The fourth-order valence-electron chi connectivity index (χ4n) is 6.26. The first-order valence-electron chi connectivity index (χ1n) is 19.8. The van der Waals surface area contributed by atoms with E-state index in [-0.39, 0.29) is 64.6 Å². The highest BCUT2D eigenvalue weighted by atomic mass is 16.3. The van der Waals surface area contributed by atoms with Crippen molar-refractivity contribution >= 4 is 11.4 Å². The molecule has 11 nitrogen and oxygen atoms in total. The Morgan fingerprint density at radius 3 is 0.651 bits per heavy atom. The summed E-state index contributed by atoms with van der Waals surface area (Å²) in [5.41, 5.74) is 22.9. The number of benzene rings is 6. The minimum Gasteiger partial charge on any atom is -0.397 e. The first-order valence-corrected chi connectivity index (χ1v) is 19.8. The van der Waals surface area contributed by atoms with Crippen molar-refractivity contribution < 1.29 is 15.3 Å². The predicted molar refractivity (Wildman–Crippen MR) is 249 cm³/mol. The number of hydrogen-bond donors (Lipinski definition) is 5. The summed E-state index contributed by atoms with van der Waals surface area (Å²) in [7, 11) is 0. The van der Waals surface area contributed by atoms with E-state index in [0.717, 1.165) is 44.5 Å². The molecule has 0 saturated heterocycles. The lowest BCUT2D eigenvalue weighted by molar-refractivity contribution is 0.318. The molecular weight excluding hydrogens is 785 g/mol. The molecule has 0 unspecified atom stereocenters. The maximum Gasteiger partial charge on any atom is 0.103 e. The third-order valence-corrected chi connectivity index (χ3v) is 9.11. The zero-order chi connectivity index (χ0) is 47.2. The zero-order valence-corrected chi connectivity index (χ0v) is 36.5. The van der Waals surface area contributed by atoms with Gasteiger partial charge in [-0.1, -0.05) is 119 Å². The Balaban J connectivity index is 0.000000365. The van der Waals surface area contributed by atoms with Gasteiger partial charge in [0.2, 0.25) is 0 Å².